The molecule has 9 heteroatoms. The Balaban J connectivity index is 1.93. The van der Waals surface area contributed by atoms with Crippen molar-refractivity contribution in [3.8, 4) is 11.3 Å². The van der Waals surface area contributed by atoms with Crippen molar-refractivity contribution in [3.05, 3.63) is 35.6 Å². The van der Waals surface area contributed by atoms with E-state index in [1.165, 1.54) is 19.2 Å². The van der Waals surface area contributed by atoms with Crippen molar-refractivity contribution < 1.29 is 23.2 Å². The fraction of sp³-hybridized carbons (Fsp3) is 0.545. The number of nitrogens with zero attached hydrogens (tertiary/aromatic N) is 4. The van der Waals surface area contributed by atoms with Crippen LogP contribution < -0.4 is 4.90 Å². The van der Waals surface area contributed by atoms with E-state index >= 15 is 0 Å². The molecule has 2 heterocycles. The summed E-state index contributed by atoms with van der Waals surface area (Å²) in [6, 6.07) is 6.15. The molecule has 0 radical (unpaired) electrons. The average Bonchev–Trinajstić information content (AvgIpc) is 3.18. The number of rotatable bonds is 10. The summed E-state index contributed by atoms with van der Waals surface area (Å²) in [4.78, 5) is 18.9. The van der Waals surface area contributed by atoms with Crippen LogP contribution in [0.2, 0.25) is 0 Å². The molecule has 1 fully saturated rings. The first-order chi connectivity index (χ1) is 15.0. The average molecular weight is 435 g/mol. The number of likely N-dealkylation sites (N-methyl/N-ethyl adjacent to an activating group) is 1. The highest BCUT2D eigenvalue weighted by Crippen LogP contribution is 2.33. The minimum absolute atomic E-state index is 0.00597. The fourth-order valence-electron chi connectivity index (χ4n) is 3.63. The van der Waals surface area contributed by atoms with Crippen LogP contribution >= 0.6 is 0 Å². The maximum Gasteiger partial charge on any atom is 0.248 e. The van der Waals surface area contributed by atoms with E-state index in [9.17, 15) is 9.18 Å². The summed E-state index contributed by atoms with van der Waals surface area (Å²) in [5, 5.41) is 4.32. The lowest BCUT2D eigenvalue weighted by molar-refractivity contribution is -0.135. The lowest BCUT2D eigenvalue weighted by Gasteiger charge is -2.33. The number of benzene rings is 1. The van der Waals surface area contributed by atoms with E-state index in [2.05, 4.69) is 22.0 Å². The van der Waals surface area contributed by atoms with Crippen LogP contribution in [0.5, 0.6) is 0 Å². The summed E-state index contributed by atoms with van der Waals surface area (Å²) in [5.41, 5.74) is 2.19. The molecule has 1 aromatic carbocycles. The number of ether oxygens (including phenoxy) is 2. The van der Waals surface area contributed by atoms with Crippen LogP contribution in [0.25, 0.3) is 11.3 Å². The molecule has 2 aromatic rings. The van der Waals surface area contributed by atoms with Gasteiger partial charge in [0, 0.05) is 59.1 Å². The van der Waals surface area contributed by atoms with Gasteiger partial charge in [0.25, 0.3) is 0 Å². The van der Waals surface area contributed by atoms with Gasteiger partial charge in [-0.1, -0.05) is 5.16 Å². The van der Waals surface area contributed by atoms with Crippen LogP contribution in [-0.4, -0.2) is 88.1 Å². The number of methoxy groups -OCH3 is 2. The molecule has 0 aliphatic carbocycles. The first-order valence-electron chi connectivity index (χ1n) is 10.5. The fourth-order valence-corrected chi connectivity index (χ4v) is 3.63. The van der Waals surface area contributed by atoms with Crippen molar-refractivity contribution in [1.82, 2.24) is 15.0 Å². The molecule has 0 spiro atoms. The van der Waals surface area contributed by atoms with Crippen LogP contribution in [0.4, 0.5) is 10.3 Å². The molecule has 1 amide bonds. The first kappa shape index (κ1) is 23.2. The van der Waals surface area contributed by atoms with Gasteiger partial charge in [0.1, 0.15) is 18.1 Å². The molecular formula is C22H31FN4O4. The molecule has 170 valence electrons. The highest BCUT2D eigenvalue weighted by atomic mass is 19.1. The number of halogens is 1. The van der Waals surface area contributed by atoms with Gasteiger partial charge in [0.15, 0.2) is 0 Å². The number of amides is 1. The molecule has 0 N–H and O–H groups in total. The van der Waals surface area contributed by atoms with Crippen molar-refractivity contribution >= 4 is 11.8 Å². The number of carbonyl (C=O) groups is 1. The highest BCUT2D eigenvalue weighted by molar-refractivity contribution is 5.78. The largest absolute Gasteiger partial charge is 0.385 e. The molecular weight excluding hydrogens is 403 g/mol. The third-order valence-corrected chi connectivity index (χ3v) is 5.42. The van der Waals surface area contributed by atoms with E-state index in [4.69, 9.17) is 14.0 Å². The number of aromatic nitrogens is 1. The zero-order valence-electron chi connectivity index (χ0n) is 18.5. The monoisotopic (exact) mass is 434 g/mol. The van der Waals surface area contributed by atoms with Gasteiger partial charge < -0.3 is 28.7 Å². The summed E-state index contributed by atoms with van der Waals surface area (Å²) >= 11 is 0. The zero-order chi connectivity index (χ0) is 22.2. The van der Waals surface area contributed by atoms with E-state index in [1.54, 1.807) is 24.1 Å². The second-order valence-electron chi connectivity index (χ2n) is 7.71. The van der Waals surface area contributed by atoms with Gasteiger partial charge in [0.05, 0.1) is 12.1 Å². The second kappa shape index (κ2) is 11.2. The van der Waals surface area contributed by atoms with Gasteiger partial charge in [-0.25, -0.2) is 4.39 Å². The Morgan fingerprint density at radius 1 is 1.16 bits per heavy atom. The Morgan fingerprint density at radius 2 is 1.87 bits per heavy atom. The van der Waals surface area contributed by atoms with Crippen LogP contribution in [0, 0.1) is 5.82 Å². The third-order valence-electron chi connectivity index (χ3n) is 5.42. The maximum atomic E-state index is 13.5. The van der Waals surface area contributed by atoms with Crippen LogP contribution in [0.1, 0.15) is 12.0 Å². The predicted molar refractivity (Wildman–Crippen MR) is 115 cm³/mol. The third kappa shape index (κ3) is 6.03. The Hall–Kier alpha value is -2.49. The normalized spacial score (nSPS) is 14.8. The number of hydrogen-bond acceptors (Lipinski definition) is 7. The van der Waals surface area contributed by atoms with Crippen molar-refractivity contribution in [2.45, 2.75) is 13.0 Å². The summed E-state index contributed by atoms with van der Waals surface area (Å²) in [7, 11) is 5.23. The zero-order valence-corrected chi connectivity index (χ0v) is 18.5. The summed E-state index contributed by atoms with van der Waals surface area (Å²) < 4.78 is 29.5. The summed E-state index contributed by atoms with van der Waals surface area (Å²) in [6.45, 7) is 4.81. The van der Waals surface area contributed by atoms with Gasteiger partial charge in [-0.2, -0.15) is 0 Å². The molecule has 0 atom stereocenters. The first-order valence-corrected chi connectivity index (χ1v) is 10.5. The smallest absolute Gasteiger partial charge is 0.248 e. The maximum absolute atomic E-state index is 13.5. The van der Waals surface area contributed by atoms with Crippen molar-refractivity contribution in [1.29, 1.82) is 0 Å². The van der Waals surface area contributed by atoms with Crippen molar-refractivity contribution in [2.75, 3.05) is 72.1 Å². The summed E-state index contributed by atoms with van der Waals surface area (Å²) in [6.07, 6.45) is 0.701. The summed E-state index contributed by atoms with van der Waals surface area (Å²) in [5.74, 6) is 0.230. The Morgan fingerprint density at radius 3 is 2.52 bits per heavy atom. The molecule has 0 bridgehead atoms. The lowest BCUT2D eigenvalue weighted by Crippen LogP contribution is -2.45. The minimum Gasteiger partial charge on any atom is -0.385 e. The van der Waals surface area contributed by atoms with E-state index in [0.717, 1.165) is 37.3 Å². The molecule has 0 saturated carbocycles. The second-order valence-corrected chi connectivity index (χ2v) is 7.71. The number of hydrogen-bond donors (Lipinski definition) is 0. The predicted octanol–water partition coefficient (Wildman–Crippen LogP) is 2.24. The molecule has 31 heavy (non-hydrogen) atoms. The topological polar surface area (TPSA) is 71.3 Å². The van der Waals surface area contributed by atoms with E-state index in [0.29, 0.717) is 37.7 Å². The van der Waals surface area contributed by atoms with Gasteiger partial charge >= 0.3 is 0 Å². The minimum atomic E-state index is -0.315. The number of piperazine rings is 1. The van der Waals surface area contributed by atoms with Gasteiger partial charge in [-0.3, -0.25) is 4.79 Å². The van der Waals surface area contributed by atoms with Crippen LogP contribution in [0.3, 0.4) is 0 Å². The number of carbonyl (C=O) groups excluding carboxylic acids is 1. The molecule has 1 aromatic heterocycles. The Kier molecular flexibility index (Phi) is 8.39. The van der Waals surface area contributed by atoms with E-state index < -0.39 is 0 Å². The highest BCUT2D eigenvalue weighted by Gasteiger charge is 2.27. The SMILES string of the molecule is COCCCN(Cc1c(-c2ccc(F)cc2)noc1N1CCN(C)CC1)C(=O)COC. The standard InChI is InChI=1S/C22H31FN4O4/c1-25-10-12-26(13-11-25)22-19(15-27(9-4-14-29-2)20(28)16-30-3)21(24-31-22)17-5-7-18(23)8-6-17/h5-8H,4,9-16H2,1-3H3. The molecule has 0 unspecified atom stereocenters. The molecule has 1 aliphatic heterocycles. The number of anilines is 1. The van der Waals surface area contributed by atoms with Gasteiger partial charge in [-0.15, -0.1) is 0 Å². The van der Waals surface area contributed by atoms with Crippen LogP contribution in [0.15, 0.2) is 28.8 Å². The van der Waals surface area contributed by atoms with Crippen LogP contribution in [-0.2, 0) is 20.8 Å². The Labute approximate surface area is 182 Å². The molecule has 3 rings (SSSR count). The van der Waals surface area contributed by atoms with E-state index in [1.807, 2.05) is 0 Å². The van der Waals surface area contributed by atoms with Crippen molar-refractivity contribution in [2.24, 2.45) is 0 Å². The lowest BCUT2D eigenvalue weighted by atomic mass is 10.1. The van der Waals surface area contributed by atoms with Gasteiger partial charge in [0.2, 0.25) is 11.8 Å². The quantitative estimate of drug-likeness (QED) is 0.531. The molecule has 1 saturated heterocycles. The molecule has 8 nitrogen and oxygen atoms in total. The Bertz CT molecular complexity index is 835. The molecule has 1 aliphatic rings. The van der Waals surface area contributed by atoms with E-state index in [-0.39, 0.29) is 18.3 Å². The van der Waals surface area contributed by atoms with Gasteiger partial charge in [-0.05, 0) is 37.7 Å². The van der Waals surface area contributed by atoms with Crippen molar-refractivity contribution in [3.63, 3.8) is 0 Å².